The average Bonchev–Trinajstić information content (AvgIpc) is 2.54. The van der Waals surface area contributed by atoms with E-state index in [-0.39, 0.29) is 11.8 Å². The minimum atomic E-state index is -0.506. The molecule has 0 unspecified atom stereocenters. The smallest absolute Gasteiger partial charge is 0.241 e. The molecule has 0 spiro atoms. The third-order valence-corrected chi connectivity index (χ3v) is 3.39. The Morgan fingerprint density at radius 1 is 1.09 bits per heavy atom. The molecule has 0 fully saturated rings. The number of carbonyl (C=O) groups is 1. The summed E-state index contributed by atoms with van der Waals surface area (Å²) in [6, 6.07) is 16.8. The third-order valence-electron chi connectivity index (χ3n) is 3.39. The Kier molecular flexibility index (Phi) is 5.55. The summed E-state index contributed by atoms with van der Waals surface area (Å²) in [6.07, 6.45) is 0. The Hall–Kier alpha value is -2.33. The maximum absolute atomic E-state index is 11.9. The molecule has 2 aromatic carbocycles. The molecule has 0 aliphatic carbocycles. The molecular weight excluding hydrogens is 276 g/mol. The van der Waals surface area contributed by atoms with Gasteiger partial charge in [-0.15, -0.1) is 0 Å². The first-order valence-corrected chi connectivity index (χ1v) is 7.39. The second-order valence-electron chi connectivity index (χ2n) is 5.56. The number of ether oxygens (including phenoxy) is 1. The molecule has 0 heterocycles. The highest BCUT2D eigenvalue weighted by Crippen LogP contribution is 2.17. The molecule has 22 heavy (non-hydrogen) atoms. The highest BCUT2D eigenvalue weighted by atomic mass is 16.5. The molecule has 4 heteroatoms. The highest BCUT2D eigenvalue weighted by molar-refractivity contribution is 5.94. The number of amides is 1. The van der Waals surface area contributed by atoms with Gasteiger partial charge < -0.3 is 15.8 Å². The first-order valence-electron chi connectivity index (χ1n) is 7.39. The van der Waals surface area contributed by atoms with E-state index in [4.69, 9.17) is 10.5 Å². The van der Waals surface area contributed by atoms with Gasteiger partial charge in [0.15, 0.2) is 0 Å². The molecule has 116 valence electrons. The third kappa shape index (κ3) is 4.60. The van der Waals surface area contributed by atoms with Crippen molar-refractivity contribution in [1.29, 1.82) is 0 Å². The summed E-state index contributed by atoms with van der Waals surface area (Å²) in [6.45, 7) is 4.36. The maximum atomic E-state index is 11.9. The van der Waals surface area contributed by atoms with Crippen LogP contribution in [0.25, 0.3) is 0 Å². The Labute approximate surface area is 131 Å². The van der Waals surface area contributed by atoms with Crippen molar-refractivity contribution < 1.29 is 9.53 Å². The van der Waals surface area contributed by atoms with Crippen LogP contribution in [0.2, 0.25) is 0 Å². The maximum Gasteiger partial charge on any atom is 0.241 e. The van der Waals surface area contributed by atoms with Gasteiger partial charge in [0.2, 0.25) is 5.91 Å². The van der Waals surface area contributed by atoms with Gasteiger partial charge in [-0.05, 0) is 35.7 Å². The molecule has 0 radical (unpaired) electrons. The van der Waals surface area contributed by atoms with E-state index in [1.54, 1.807) is 0 Å². The summed E-state index contributed by atoms with van der Waals surface area (Å²) >= 11 is 0. The van der Waals surface area contributed by atoms with Gasteiger partial charge >= 0.3 is 0 Å². The van der Waals surface area contributed by atoms with E-state index in [0.717, 1.165) is 11.3 Å². The molecular formula is C18H22N2O2. The fraction of sp³-hybridized carbons (Fsp3) is 0.278. The van der Waals surface area contributed by atoms with Crippen LogP contribution < -0.4 is 15.8 Å². The largest absolute Gasteiger partial charge is 0.489 e. The van der Waals surface area contributed by atoms with Crippen molar-refractivity contribution in [2.45, 2.75) is 26.5 Å². The summed E-state index contributed by atoms with van der Waals surface area (Å²) in [7, 11) is 0. The summed E-state index contributed by atoms with van der Waals surface area (Å²) in [5.41, 5.74) is 7.64. The molecule has 0 aliphatic heterocycles. The van der Waals surface area contributed by atoms with Crippen molar-refractivity contribution >= 4 is 11.6 Å². The zero-order valence-corrected chi connectivity index (χ0v) is 13.0. The summed E-state index contributed by atoms with van der Waals surface area (Å²) in [5.74, 6) is 0.691. The highest BCUT2D eigenvalue weighted by Gasteiger charge is 2.16. The van der Waals surface area contributed by atoms with E-state index in [1.165, 1.54) is 0 Å². The number of benzene rings is 2. The van der Waals surface area contributed by atoms with E-state index < -0.39 is 6.04 Å². The monoisotopic (exact) mass is 298 g/mol. The molecule has 3 N–H and O–H groups in total. The minimum absolute atomic E-state index is 0.105. The molecule has 0 aromatic heterocycles. The summed E-state index contributed by atoms with van der Waals surface area (Å²) < 4.78 is 5.70. The van der Waals surface area contributed by atoms with Gasteiger partial charge in [-0.25, -0.2) is 0 Å². The molecule has 1 amide bonds. The molecule has 2 aromatic rings. The van der Waals surface area contributed by atoms with Crippen molar-refractivity contribution in [2.24, 2.45) is 11.7 Å². The second kappa shape index (κ2) is 7.61. The van der Waals surface area contributed by atoms with Crippen LogP contribution in [0, 0.1) is 5.92 Å². The fourth-order valence-corrected chi connectivity index (χ4v) is 1.90. The van der Waals surface area contributed by atoms with Crippen LogP contribution in [-0.2, 0) is 11.4 Å². The standard InChI is InChI=1S/C18H22N2O2/c1-13(2)17(19)18(21)20-15-8-10-16(11-9-15)22-12-14-6-4-3-5-7-14/h3-11,13,17H,12,19H2,1-2H3,(H,20,21)/t17-/m1/s1. The lowest BCUT2D eigenvalue weighted by Gasteiger charge is -2.15. The topological polar surface area (TPSA) is 64.4 Å². The van der Waals surface area contributed by atoms with Crippen LogP contribution in [0.5, 0.6) is 5.75 Å². The van der Waals surface area contributed by atoms with Crippen molar-refractivity contribution in [3.8, 4) is 5.75 Å². The Morgan fingerprint density at radius 2 is 1.73 bits per heavy atom. The number of carbonyl (C=O) groups excluding carboxylic acids is 1. The number of nitrogens with one attached hydrogen (secondary N) is 1. The molecule has 2 rings (SSSR count). The molecule has 0 saturated carbocycles. The zero-order valence-electron chi connectivity index (χ0n) is 13.0. The summed E-state index contributed by atoms with van der Waals surface area (Å²) in [4.78, 5) is 11.9. The lowest BCUT2D eigenvalue weighted by Crippen LogP contribution is -2.39. The number of anilines is 1. The van der Waals surface area contributed by atoms with Gasteiger partial charge in [-0.1, -0.05) is 44.2 Å². The molecule has 0 aliphatic rings. The fourth-order valence-electron chi connectivity index (χ4n) is 1.90. The van der Waals surface area contributed by atoms with Crippen LogP contribution in [0.1, 0.15) is 19.4 Å². The number of hydrogen-bond acceptors (Lipinski definition) is 3. The summed E-state index contributed by atoms with van der Waals surface area (Å²) in [5, 5.41) is 2.80. The van der Waals surface area contributed by atoms with Gasteiger partial charge in [-0.2, -0.15) is 0 Å². The molecule has 4 nitrogen and oxygen atoms in total. The normalized spacial score (nSPS) is 12.0. The first-order chi connectivity index (χ1) is 10.6. The van der Waals surface area contributed by atoms with Crippen LogP contribution in [0.3, 0.4) is 0 Å². The number of nitrogens with two attached hydrogens (primary N) is 1. The second-order valence-corrected chi connectivity index (χ2v) is 5.56. The first kappa shape index (κ1) is 16.0. The number of hydrogen-bond donors (Lipinski definition) is 2. The van der Waals surface area contributed by atoms with E-state index in [1.807, 2.05) is 68.4 Å². The van der Waals surface area contributed by atoms with Crippen LogP contribution in [-0.4, -0.2) is 11.9 Å². The van der Waals surface area contributed by atoms with Crippen molar-refractivity contribution in [3.63, 3.8) is 0 Å². The van der Waals surface area contributed by atoms with Gasteiger partial charge in [0.05, 0.1) is 6.04 Å². The van der Waals surface area contributed by atoms with Gasteiger partial charge in [0.1, 0.15) is 12.4 Å². The van der Waals surface area contributed by atoms with Gasteiger partial charge in [0.25, 0.3) is 0 Å². The van der Waals surface area contributed by atoms with Crippen LogP contribution >= 0.6 is 0 Å². The van der Waals surface area contributed by atoms with Gasteiger partial charge in [-0.3, -0.25) is 4.79 Å². The van der Waals surface area contributed by atoms with E-state index in [2.05, 4.69) is 5.32 Å². The van der Waals surface area contributed by atoms with Crippen molar-refractivity contribution in [1.82, 2.24) is 0 Å². The lowest BCUT2D eigenvalue weighted by molar-refractivity contribution is -0.118. The van der Waals surface area contributed by atoms with Crippen LogP contribution in [0.4, 0.5) is 5.69 Å². The van der Waals surface area contributed by atoms with Crippen molar-refractivity contribution in [3.05, 3.63) is 60.2 Å². The SMILES string of the molecule is CC(C)[C@@H](N)C(=O)Nc1ccc(OCc2ccccc2)cc1. The van der Waals surface area contributed by atoms with Crippen molar-refractivity contribution in [2.75, 3.05) is 5.32 Å². The number of rotatable bonds is 6. The minimum Gasteiger partial charge on any atom is -0.489 e. The zero-order chi connectivity index (χ0) is 15.9. The van der Waals surface area contributed by atoms with Gasteiger partial charge in [0, 0.05) is 5.69 Å². The Bertz CT molecular complexity index is 594. The quantitative estimate of drug-likeness (QED) is 0.861. The predicted octanol–water partition coefficient (Wildman–Crippen LogP) is 3.19. The van der Waals surface area contributed by atoms with Crippen LogP contribution in [0.15, 0.2) is 54.6 Å². The molecule has 1 atom stereocenters. The predicted molar refractivity (Wildman–Crippen MR) is 88.7 cm³/mol. The van der Waals surface area contributed by atoms with E-state index in [0.29, 0.717) is 12.3 Å². The Morgan fingerprint density at radius 3 is 2.32 bits per heavy atom. The average molecular weight is 298 g/mol. The molecule has 0 saturated heterocycles. The lowest BCUT2D eigenvalue weighted by atomic mass is 10.1. The van der Waals surface area contributed by atoms with E-state index >= 15 is 0 Å². The molecule has 0 bridgehead atoms. The van der Waals surface area contributed by atoms with E-state index in [9.17, 15) is 4.79 Å². The Balaban J connectivity index is 1.89.